The Kier molecular flexibility index (Phi) is 7.76. The zero-order chi connectivity index (χ0) is 16.8. The molecule has 0 fully saturated rings. The van der Waals surface area contributed by atoms with Crippen LogP contribution in [0.1, 0.15) is 6.92 Å². The lowest BCUT2D eigenvalue weighted by Crippen LogP contribution is -2.42. The van der Waals surface area contributed by atoms with Gasteiger partial charge in [0.15, 0.2) is 0 Å². The Labute approximate surface area is 133 Å². The summed E-state index contributed by atoms with van der Waals surface area (Å²) in [5.41, 5.74) is 0.733. The van der Waals surface area contributed by atoms with Crippen LogP contribution >= 0.6 is 34.8 Å². The molecule has 6 nitrogen and oxygen atoms in total. The Balaban J connectivity index is 5.11. The lowest BCUT2D eigenvalue weighted by atomic mass is 10.3. The second-order valence-electron chi connectivity index (χ2n) is 3.55. The Morgan fingerprint density at radius 3 is 2.29 bits per heavy atom. The molecular weight excluding hydrogens is 359 g/mol. The van der Waals surface area contributed by atoms with Crippen molar-refractivity contribution in [2.45, 2.75) is 16.9 Å². The van der Waals surface area contributed by atoms with E-state index in [1.165, 1.54) is 7.11 Å². The first-order chi connectivity index (χ1) is 9.41. The van der Waals surface area contributed by atoms with Gasteiger partial charge in [0.25, 0.3) is 3.79 Å². The highest BCUT2D eigenvalue weighted by Gasteiger charge is 2.33. The summed E-state index contributed by atoms with van der Waals surface area (Å²) in [4.78, 5) is 11.4. The van der Waals surface area contributed by atoms with Crippen LogP contribution in [-0.4, -0.2) is 40.2 Å². The van der Waals surface area contributed by atoms with Crippen molar-refractivity contribution in [2.75, 3.05) is 13.7 Å². The van der Waals surface area contributed by atoms with Gasteiger partial charge in [-0.2, -0.15) is 23.8 Å². The van der Waals surface area contributed by atoms with Crippen LogP contribution in [0.4, 0.5) is 13.2 Å². The van der Waals surface area contributed by atoms with E-state index in [9.17, 15) is 18.0 Å². The van der Waals surface area contributed by atoms with Crippen molar-refractivity contribution in [1.29, 1.82) is 0 Å². The number of hydrazine groups is 2. The number of methoxy groups -OCH3 is 1. The summed E-state index contributed by atoms with van der Waals surface area (Å²) in [7, 11) is 1.17. The van der Waals surface area contributed by atoms with Gasteiger partial charge in [0, 0.05) is 6.08 Å². The number of carbonyl (C=O) groups excluding carboxylic acids is 1. The number of halogens is 6. The first-order valence-electron chi connectivity index (χ1n) is 5.13. The van der Waals surface area contributed by atoms with Crippen LogP contribution in [0.25, 0.3) is 0 Å². The third-order valence-electron chi connectivity index (χ3n) is 1.97. The fraction of sp³-hybridized carbons (Fsp3) is 0.556. The average Bonchev–Trinajstić information content (AvgIpc) is 2.33. The molecule has 21 heavy (non-hydrogen) atoms. The van der Waals surface area contributed by atoms with Crippen LogP contribution < -0.4 is 11.4 Å². The van der Waals surface area contributed by atoms with Crippen molar-refractivity contribution < 1.29 is 22.7 Å². The van der Waals surface area contributed by atoms with E-state index < -0.39 is 28.0 Å². The van der Waals surface area contributed by atoms with E-state index in [0.29, 0.717) is 5.12 Å². The monoisotopic (exact) mass is 370 g/mol. The van der Waals surface area contributed by atoms with Gasteiger partial charge in [0.1, 0.15) is 18.0 Å². The van der Waals surface area contributed by atoms with Gasteiger partial charge in [-0.05, 0) is 6.92 Å². The minimum Gasteiger partial charge on any atom is -0.499 e. The maximum absolute atomic E-state index is 12.4. The molecule has 0 aromatic heterocycles. The molecule has 0 aliphatic rings. The molecule has 0 heterocycles. The number of nitrogens with two attached hydrogens (primary N) is 1. The third-order valence-corrected chi connectivity index (χ3v) is 2.53. The number of rotatable bonds is 6. The summed E-state index contributed by atoms with van der Waals surface area (Å²) in [6.45, 7) is 0.333. The summed E-state index contributed by atoms with van der Waals surface area (Å²) < 4.78 is 39.6. The number of hydrogen-bond donors (Lipinski definition) is 2. The quantitative estimate of drug-likeness (QED) is 0.187. The predicted octanol–water partition coefficient (Wildman–Crippen LogP) is 2.07. The van der Waals surface area contributed by atoms with Gasteiger partial charge in [0.05, 0.1) is 7.11 Å². The minimum absolute atomic E-state index is 0.122. The second-order valence-corrected chi connectivity index (χ2v) is 5.83. The Morgan fingerprint density at radius 2 is 1.95 bits per heavy atom. The fourth-order valence-corrected chi connectivity index (χ4v) is 1.06. The van der Waals surface area contributed by atoms with Gasteiger partial charge in [-0.3, -0.25) is 10.6 Å². The van der Waals surface area contributed by atoms with Crippen molar-refractivity contribution in [3.05, 3.63) is 11.8 Å². The van der Waals surface area contributed by atoms with Gasteiger partial charge in [-0.1, -0.05) is 34.8 Å². The van der Waals surface area contributed by atoms with Crippen LogP contribution in [0, 0.1) is 0 Å². The molecule has 0 radical (unpaired) electrons. The minimum atomic E-state index is -4.63. The number of nitrogens with one attached hydrogen (secondary N) is 1. The molecule has 0 bridgehead atoms. The van der Waals surface area contributed by atoms with E-state index in [4.69, 9.17) is 45.4 Å². The molecule has 12 heteroatoms. The van der Waals surface area contributed by atoms with E-state index in [1.807, 2.05) is 5.53 Å². The number of alkyl halides is 6. The lowest BCUT2D eigenvalue weighted by molar-refractivity contribution is -0.114. The number of carbonyl (C=O) groups is 1. The summed E-state index contributed by atoms with van der Waals surface area (Å²) in [6.07, 6.45) is -3.81. The highest BCUT2D eigenvalue weighted by molar-refractivity contribution is 6.77. The Hall–Kier alpha value is -0.740. The summed E-state index contributed by atoms with van der Waals surface area (Å²) in [5.74, 6) is 3.98. The molecule has 0 saturated heterocycles. The van der Waals surface area contributed by atoms with Crippen LogP contribution in [0.15, 0.2) is 16.9 Å². The topological polar surface area (TPSA) is 80.0 Å². The molecule has 3 N–H and O–H groups in total. The SMILES string of the molecule is CO/C(=C/C(=O)C(Cl)(Cl)Cl)CN(/N=C(\C)C(F)(F)F)NN. The van der Waals surface area contributed by atoms with Crippen LogP contribution in [0.5, 0.6) is 0 Å². The van der Waals surface area contributed by atoms with Gasteiger partial charge in [-0.15, -0.1) is 0 Å². The number of hydrazone groups is 1. The molecule has 0 aromatic rings. The molecule has 0 atom stereocenters. The third kappa shape index (κ3) is 7.72. The van der Waals surface area contributed by atoms with Gasteiger partial charge < -0.3 is 4.74 Å². The van der Waals surface area contributed by atoms with Gasteiger partial charge in [-0.25, -0.2) is 5.12 Å². The first kappa shape index (κ1) is 20.3. The van der Waals surface area contributed by atoms with Crippen molar-refractivity contribution in [1.82, 2.24) is 10.7 Å². The molecule has 0 amide bonds. The number of nitrogens with zero attached hydrogens (tertiary/aromatic N) is 2. The fourth-order valence-electron chi connectivity index (χ4n) is 0.892. The number of hydrogen-bond acceptors (Lipinski definition) is 6. The normalized spacial score (nSPS) is 14.1. The molecule has 0 aliphatic carbocycles. The van der Waals surface area contributed by atoms with Gasteiger partial charge in [0.2, 0.25) is 5.78 Å². The highest BCUT2D eigenvalue weighted by atomic mass is 35.6. The maximum Gasteiger partial charge on any atom is 0.430 e. The predicted molar refractivity (Wildman–Crippen MR) is 73.6 cm³/mol. The van der Waals surface area contributed by atoms with E-state index in [2.05, 4.69) is 5.10 Å². The molecule has 122 valence electrons. The Bertz CT molecular complexity index is 435. The van der Waals surface area contributed by atoms with Crippen molar-refractivity contribution in [2.24, 2.45) is 10.9 Å². The molecular formula is C9H12Cl3F3N4O2. The van der Waals surface area contributed by atoms with Crippen molar-refractivity contribution in [3.8, 4) is 0 Å². The summed E-state index contributed by atoms with van der Waals surface area (Å²) >= 11 is 16.1. The number of ketones is 1. The first-order valence-corrected chi connectivity index (χ1v) is 6.27. The van der Waals surface area contributed by atoms with E-state index >= 15 is 0 Å². The molecule has 0 rings (SSSR count). The number of ether oxygens (including phenoxy) is 1. The van der Waals surface area contributed by atoms with Crippen molar-refractivity contribution >= 4 is 46.3 Å². The number of allylic oxidation sites excluding steroid dienone is 1. The molecule has 0 unspecified atom stereocenters. The smallest absolute Gasteiger partial charge is 0.430 e. The highest BCUT2D eigenvalue weighted by Crippen LogP contribution is 2.28. The van der Waals surface area contributed by atoms with Crippen LogP contribution in [0.3, 0.4) is 0 Å². The van der Waals surface area contributed by atoms with Crippen LogP contribution in [-0.2, 0) is 9.53 Å². The largest absolute Gasteiger partial charge is 0.499 e. The van der Waals surface area contributed by atoms with E-state index in [1.54, 1.807) is 0 Å². The second kappa shape index (κ2) is 8.04. The zero-order valence-electron chi connectivity index (χ0n) is 10.8. The average molecular weight is 372 g/mol. The molecule has 0 aliphatic heterocycles. The summed E-state index contributed by atoms with van der Waals surface area (Å²) in [6, 6.07) is 0. The molecule has 0 aromatic carbocycles. The van der Waals surface area contributed by atoms with Crippen LogP contribution in [0.2, 0.25) is 0 Å². The van der Waals surface area contributed by atoms with E-state index in [0.717, 1.165) is 13.0 Å². The Morgan fingerprint density at radius 1 is 1.43 bits per heavy atom. The zero-order valence-corrected chi connectivity index (χ0v) is 13.1. The van der Waals surface area contributed by atoms with Crippen molar-refractivity contribution in [3.63, 3.8) is 0 Å². The molecule has 0 spiro atoms. The summed E-state index contributed by atoms with van der Waals surface area (Å²) in [5, 5.41) is 3.78. The van der Waals surface area contributed by atoms with Gasteiger partial charge >= 0.3 is 6.18 Å². The lowest BCUT2D eigenvalue weighted by Gasteiger charge is -2.20. The molecule has 0 saturated carbocycles. The maximum atomic E-state index is 12.4. The standard InChI is InChI=1S/C9H12Cl3F3N4O2/c1-5(9(13,14)15)17-19(18-16)4-6(21-2)3-7(20)8(10,11)12/h3,18H,4,16H2,1-2H3/b6-3+,17-5+. The van der Waals surface area contributed by atoms with E-state index in [-0.39, 0.29) is 5.76 Å².